The van der Waals surface area contributed by atoms with Crippen LogP contribution in [-0.2, 0) is 0 Å². The van der Waals surface area contributed by atoms with Gasteiger partial charge in [0.1, 0.15) is 13.2 Å². The Balaban J connectivity index is 2.21. The second-order valence-corrected chi connectivity index (χ2v) is 4.65. The van der Waals surface area contributed by atoms with Crippen molar-refractivity contribution in [1.82, 2.24) is 5.32 Å². The predicted octanol–water partition coefficient (Wildman–Crippen LogP) is 1.61. The first-order valence-corrected chi connectivity index (χ1v) is 6.54. The number of ether oxygens (including phenoxy) is 2. The van der Waals surface area contributed by atoms with Gasteiger partial charge in [0.05, 0.1) is 17.7 Å². The summed E-state index contributed by atoms with van der Waals surface area (Å²) >= 11 is 6.06. The van der Waals surface area contributed by atoms with E-state index in [1.54, 1.807) is 6.07 Å². The molecule has 5 nitrogen and oxygen atoms in total. The second-order valence-electron chi connectivity index (χ2n) is 4.24. The molecule has 0 radical (unpaired) electrons. The molecule has 0 aromatic heterocycles. The molecule has 1 aliphatic heterocycles. The summed E-state index contributed by atoms with van der Waals surface area (Å²) in [5.74, 6) is 0.652. The van der Waals surface area contributed by atoms with Crippen LogP contribution in [-0.4, -0.2) is 36.9 Å². The van der Waals surface area contributed by atoms with Crippen LogP contribution >= 0.6 is 11.6 Å². The first-order chi connectivity index (χ1) is 9.15. The second kappa shape index (κ2) is 6.12. The van der Waals surface area contributed by atoms with Gasteiger partial charge in [-0.1, -0.05) is 18.5 Å². The van der Waals surface area contributed by atoms with E-state index < -0.39 is 0 Å². The molecule has 0 unspecified atom stereocenters. The van der Waals surface area contributed by atoms with Crippen LogP contribution in [0.2, 0.25) is 5.02 Å². The van der Waals surface area contributed by atoms with Crippen LogP contribution in [0.3, 0.4) is 0 Å². The highest BCUT2D eigenvalue weighted by Crippen LogP contribution is 2.38. The zero-order valence-corrected chi connectivity index (χ0v) is 11.4. The number of aliphatic hydroxyl groups is 1. The third-order valence-electron chi connectivity index (χ3n) is 2.91. The van der Waals surface area contributed by atoms with E-state index in [2.05, 4.69) is 5.32 Å². The van der Waals surface area contributed by atoms with E-state index in [1.165, 1.54) is 6.07 Å². The summed E-state index contributed by atoms with van der Waals surface area (Å²) < 4.78 is 10.8. The number of fused-ring (bicyclic) bond motifs is 1. The average molecular weight is 286 g/mol. The van der Waals surface area contributed by atoms with Gasteiger partial charge < -0.3 is 19.9 Å². The summed E-state index contributed by atoms with van der Waals surface area (Å²) in [6.07, 6.45) is 0.653. The van der Waals surface area contributed by atoms with Gasteiger partial charge in [-0.2, -0.15) is 0 Å². The summed E-state index contributed by atoms with van der Waals surface area (Å²) in [4.78, 5) is 12.0. The maximum absolute atomic E-state index is 12.0. The standard InChI is InChI=1S/C13H16ClNO4/c1-2-9(7-16)15-13(17)8-5-10(14)12-11(6-8)18-3-4-19-12/h5-6,9,16H,2-4,7H2,1H3,(H,15,17)/t9-/m1/s1. The Morgan fingerprint density at radius 1 is 1.47 bits per heavy atom. The van der Waals surface area contributed by atoms with Gasteiger partial charge in [0, 0.05) is 5.56 Å². The zero-order chi connectivity index (χ0) is 13.8. The topological polar surface area (TPSA) is 67.8 Å². The van der Waals surface area contributed by atoms with Gasteiger partial charge in [-0.25, -0.2) is 0 Å². The van der Waals surface area contributed by atoms with Crippen molar-refractivity contribution in [1.29, 1.82) is 0 Å². The number of amides is 1. The van der Waals surface area contributed by atoms with Gasteiger partial charge in [-0.05, 0) is 18.6 Å². The highest BCUT2D eigenvalue weighted by molar-refractivity contribution is 6.32. The van der Waals surface area contributed by atoms with E-state index in [-0.39, 0.29) is 18.6 Å². The molecule has 0 saturated carbocycles. The molecule has 1 aliphatic rings. The highest BCUT2D eigenvalue weighted by Gasteiger charge is 2.20. The van der Waals surface area contributed by atoms with Gasteiger partial charge in [0.25, 0.3) is 5.91 Å². The van der Waals surface area contributed by atoms with Crippen molar-refractivity contribution >= 4 is 17.5 Å². The lowest BCUT2D eigenvalue weighted by Crippen LogP contribution is -2.37. The van der Waals surface area contributed by atoms with Crippen LogP contribution in [0.15, 0.2) is 12.1 Å². The number of carbonyl (C=O) groups is 1. The fourth-order valence-electron chi connectivity index (χ4n) is 1.79. The van der Waals surface area contributed by atoms with Crippen molar-refractivity contribution in [2.75, 3.05) is 19.8 Å². The smallest absolute Gasteiger partial charge is 0.251 e. The molecule has 1 heterocycles. The van der Waals surface area contributed by atoms with Crippen molar-refractivity contribution in [3.8, 4) is 11.5 Å². The van der Waals surface area contributed by atoms with Gasteiger partial charge in [0.15, 0.2) is 11.5 Å². The molecule has 6 heteroatoms. The Kier molecular flexibility index (Phi) is 4.50. The third kappa shape index (κ3) is 3.11. The first-order valence-electron chi connectivity index (χ1n) is 6.16. The summed E-state index contributed by atoms with van der Waals surface area (Å²) in [5, 5.41) is 12.2. The summed E-state index contributed by atoms with van der Waals surface area (Å²) in [5.41, 5.74) is 0.390. The molecule has 2 N–H and O–H groups in total. The summed E-state index contributed by atoms with van der Waals surface area (Å²) in [6, 6.07) is 2.87. The first kappa shape index (κ1) is 14.0. The number of aliphatic hydroxyl groups excluding tert-OH is 1. The van der Waals surface area contributed by atoms with E-state index in [0.29, 0.717) is 41.7 Å². The molecule has 104 valence electrons. The van der Waals surface area contributed by atoms with Gasteiger partial charge in [-0.3, -0.25) is 4.79 Å². The van der Waals surface area contributed by atoms with Crippen molar-refractivity contribution < 1.29 is 19.4 Å². The number of benzene rings is 1. The van der Waals surface area contributed by atoms with E-state index in [1.807, 2.05) is 6.92 Å². The Morgan fingerprint density at radius 2 is 2.21 bits per heavy atom. The molecule has 0 spiro atoms. The minimum Gasteiger partial charge on any atom is -0.486 e. The van der Waals surface area contributed by atoms with Crippen LogP contribution in [0.1, 0.15) is 23.7 Å². The van der Waals surface area contributed by atoms with Crippen molar-refractivity contribution in [2.24, 2.45) is 0 Å². The fraction of sp³-hybridized carbons (Fsp3) is 0.462. The number of halogens is 1. The molecular formula is C13H16ClNO4. The quantitative estimate of drug-likeness (QED) is 0.882. The lowest BCUT2D eigenvalue weighted by molar-refractivity contribution is 0.0913. The Hall–Kier alpha value is -1.46. The van der Waals surface area contributed by atoms with E-state index in [4.69, 9.17) is 26.2 Å². The average Bonchev–Trinajstić information content (AvgIpc) is 2.44. The van der Waals surface area contributed by atoms with E-state index >= 15 is 0 Å². The van der Waals surface area contributed by atoms with Crippen LogP contribution in [0.5, 0.6) is 11.5 Å². The lowest BCUT2D eigenvalue weighted by Gasteiger charge is -2.20. The molecule has 2 rings (SSSR count). The molecule has 1 amide bonds. The van der Waals surface area contributed by atoms with Crippen LogP contribution < -0.4 is 14.8 Å². The van der Waals surface area contributed by atoms with Crippen molar-refractivity contribution in [3.63, 3.8) is 0 Å². The maximum atomic E-state index is 12.0. The van der Waals surface area contributed by atoms with Gasteiger partial charge in [-0.15, -0.1) is 0 Å². The highest BCUT2D eigenvalue weighted by atomic mass is 35.5. The number of carbonyl (C=O) groups excluding carboxylic acids is 1. The maximum Gasteiger partial charge on any atom is 0.251 e. The summed E-state index contributed by atoms with van der Waals surface area (Å²) in [7, 11) is 0. The SMILES string of the molecule is CC[C@H](CO)NC(=O)c1cc(Cl)c2c(c1)OCCO2. The minimum atomic E-state index is -0.292. The van der Waals surface area contributed by atoms with Gasteiger partial charge >= 0.3 is 0 Å². The van der Waals surface area contributed by atoms with Crippen LogP contribution in [0, 0.1) is 0 Å². The summed E-state index contributed by atoms with van der Waals surface area (Å²) in [6.45, 7) is 2.67. The number of hydrogen-bond acceptors (Lipinski definition) is 4. The minimum absolute atomic E-state index is 0.0967. The zero-order valence-electron chi connectivity index (χ0n) is 10.6. The Morgan fingerprint density at radius 3 is 2.89 bits per heavy atom. The number of rotatable bonds is 4. The normalized spacial score (nSPS) is 14.9. The fourth-order valence-corrected chi connectivity index (χ4v) is 2.05. The molecule has 19 heavy (non-hydrogen) atoms. The molecule has 0 bridgehead atoms. The lowest BCUT2D eigenvalue weighted by atomic mass is 10.1. The molecule has 1 atom stereocenters. The number of nitrogens with one attached hydrogen (secondary N) is 1. The van der Waals surface area contributed by atoms with Crippen LogP contribution in [0.25, 0.3) is 0 Å². The van der Waals surface area contributed by atoms with E-state index in [0.717, 1.165) is 0 Å². The van der Waals surface area contributed by atoms with Crippen molar-refractivity contribution in [2.45, 2.75) is 19.4 Å². The van der Waals surface area contributed by atoms with Gasteiger partial charge in [0.2, 0.25) is 0 Å². The largest absolute Gasteiger partial charge is 0.486 e. The van der Waals surface area contributed by atoms with E-state index in [9.17, 15) is 4.79 Å². The Bertz CT molecular complexity index is 474. The molecule has 0 aliphatic carbocycles. The van der Waals surface area contributed by atoms with Crippen LogP contribution in [0.4, 0.5) is 0 Å². The molecule has 0 saturated heterocycles. The molecule has 1 aromatic carbocycles. The van der Waals surface area contributed by atoms with Crippen molar-refractivity contribution in [3.05, 3.63) is 22.7 Å². The monoisotopic (exact) mass is 285 g/mol. The number of hydrogen-bond donors (Lipinski definition) is 2. The molecular weight excluding hydrogens is 270 g/mol. The third-order valence-corrected chi connectivity index (χ3v) is 3.19. The molecule has 0 fully saturated rings. The Labute approximate surface area is 116 Å². The molecule has 1 aromatic rings. The predicted molar refractivity (Wildman–Crippen MR) is 71.1 cm³/mol.